The number of carboxylic acid groups (broad SMARTS) is 1. The molecule has 7 nitrogen and oxygen atoms in total. The lowest BCUT2D eigenvalue weighted by molar-refractivity contribution is -0.141. The highest BCUT2D eigenvalue weighted by molar-refractivity contribution is 5.88. The first-order valence-electron chi connectivity index (χ1n) is 6.44. The Balaban J connectivity index is 2.15. The maximum absolute atomic E-state index is 11.6. The van der Waals surface area contributed by atoms with Crippen LogP contribution in [0.4, 0.5) is 4.79 Å². The molecule has 1 heterocycles. The summed E-state index contributed by atoms with van der Waals surface area (Å²) in [5.74, 6) is -1.31. The van der Waals surface area contributed by atoms with Crippen molar-refractivity contribution in [1.82, 2.24) is 15.5 Å². The molecule has 2 unspecified atom stereocenters. The lowest BCUT2D eigenvalue weighted by atomic mass is 10.1. The second-order valence-electron chi connectivity index (χ2n) is 4.88. The minimum absolute atomic E-state index is 0.0744. The van der Waals surface area contributed by atoms with Crippen LogP contribution in [0.1, 0.15) is 26.2 Å². The van der Waals surface area contributed by atoms with Crippen LogP contribution >= 0.6 is 0 Å². The standard InChI is InChI=1S/C12H21N3O4/c1-8(11(17)18)4-3-6-13-12(19)14-9-5-7-15(2)10(9)16/h8-9H,3-7H2,1-2H3,(H,17,18)(H2,13,14,19). The Kier molecular flexibility index (Phi) is 5.59. The molecule has 0 aromatic rings. The zero-order chi connectivity index (χ0) is 14.4. The fraction of sp³-hybridized carbons (Fsp3) is 0.750. The summed E-state index contributed by atoms with van der Waals surface area (Å²) in [6.45, 7) is 2.69. The van der Waals surface area contributed by atoms with Crippen LogP contribution in [0.5, 0.6) is 0 Å². The van der Waals surface area contributed by atoms with Crippen molar-refractivity contribution in [3.63, 3.8) is 0 Å². The highest BCUT2D eigenvalue weighted by atomic mass is 16.4. The van der Waals surface area contributed by atoms with Crippen LogP contribution in [0.25, 0.3) is 0 Å². The number of aliphatic carboxylic acids is 1. The average Bonchev–Trinajstić information content (AvgIpc) is 2.66. The van der Waals surface area contributed by atoms with Gasteiger partial charge in [-0.3, -0.25) is 9.59 Å². The molecule has 1 fully saturated rings. The van der Waals surface area contributed by atoms with Crippen LogP contribution < -0.4 is 10.6 Å². The molecule has 1 aliphatic rings. The van der Waals surface area contributed by atoms with Gasteiger partial charge in [0, 0.05) is 20.1 Å². The number of nitrogens with zero attached hydrogens (tertiary/aromatic N) is 1. The Morgan fingerprint density at radius 2 is 2.21 bits per heavy atom. The van der Waals surface area contributed by atoms with Crippen molar-refractivity contribution in [2.45, 2.75) is 32.2 Å². The van der Waals surface area contributed by atoms with Gasteiger partial charge in [-0.1, -0.05) is 6.92 Å². The number of hydrogen-bond donors (Lipinski definition) is 3. The third kappa shape index (κ3) is 4.76. The number of likely N-dealkylation sites (tertiary alicyclic amines) is 1. The minimum Gasteiger partial charge on any atom is -0.481 e. The molecule has 108 valence electrons. The second-order valence-corrected chi connectivity index (χ2v) is 4.88. The van der Waals surface area contributed by atoms with Crippen molar-refractivity contribution in [3.8, 4) is 0 Å². The molecule has 0 aliphatic carbocycles. The highest BCUT2D eigenvalue weighted by Crippen LogP contribution is 2.08. The van der Waals surface area contributed by atoms with E-state index in [0.717, 1.165) is 0 Å². The fourth-order valence-corrected chi connectivity index (χ4v) is 1.90. The molecule has 0 saturated carbocycles. The molecule has 7 heteroatoms. The Hall–Kier alpha value is -1.79. The normalized spacial score (nSPS) is 20.2. The first kappa shape index (κ1) is 15.3. The number of urea groups is 1. The van der Waals surface area contributed by atoms with Crippen molar-refractivity contribution in [1.29, 1.82) is 0 Å². The Bertz CT molecular complexity index is 359. The van der Waals surface area contributed by atoms with E-state index in [1.807, 2.05) is 0 Å². The van der Waals surface area contributed by atoms with Crippen LogP contribution in [0.2, 0.25) is 0 Å². The summed E-state index contributed by atoms with van der Waals surface area (Å²) in [5, 5.41) is 13.9. The summed E-state index contributed by atoms with van der Waals surface area (Å²) < 4.78 is 0. The molecule has 0 radical (unpaired) electrons. The monoisotopic (exact) mass is 271 g/mol. The van der Waals surface area contributed by atoms with Crippen LogP contribution in [0.3, 0.4) is 0 Å². The van der Waals surface area contributed by atoms with Crippen LogP contribution in [-0.4, -0.2) is 54.1 Å². The first-order chi connectivity index (χ1) is 8.91. The molecule has 0 spiro atoms. The van der Waals surface area contributed by atoms with E-state index in [9.17, 15) is 14.4 Å². The fourth-order valence-electron chi connectivity index (χ4n) is 1.90. The quantitative estimate of drug-likeness (QED) is 0.593. The van der Waals surface area contributed by atoms with Gasteiger partial charge < -0.3 is 20.6 Å². The molecule has 0 aromatic heterocycles. The number of hydrogen-bond acceptors (Lipinski definition) is 3. The summed E-state index contributed by atoms with van der Waals surface area (Å²) in [6, 6.07) is -0.820. The molecule has 3 N–H and O–H groups in total. The van der Waals surface area contributed by atoms with Gasteiger partial charge in [-0.15, -0.1) is 0 Å². The van der Waals surface area contributed by atoms with Crippen molar-refractivity contribution in [2.24, 2.45) is 5.92 Å². The van der Waals surface area contributed by atoms with Crippen molar-refractivity contribution >= 4 is 17.9 Å². The number of likely N-dealkylation sites (N-methyl/N-ethyl adjacent to an activating group) is 1. The molecule has 19 heavy (non-hydrogen) atoms. The second kappa shape index (κ2) is 6.96. The van der Waals surface area contributed by atoms with E-state index in [2.05, 4.69) is 10.6 Å². The smallest absolute Gasteiger partial charge is 0.315 e. The van der Waals surface area contributed by atoms with Crippen LogP contribution in [0, 0.1) is 5.92 Å². The van der Waals surface area contributed by atoms with E-state index in [1.54, 1.807) is 18.9 Å². The van der Waals surface area contributed by atoms with E-state index >= 15 is 0 Å². The highest BCUT2D eigenvalue weighted by Gasteiger charge is 2.29. The van der Waals surface area contributed by atoms with Gasteiger partial charge in [0.05, 0.1) is 5.92 Å². The summed E-state index contributed by atoms with van der Waals surface area (Å²) in [7, 11) is 1.70. The van der Waals surface area contributed by atoms with Crippen molar-refractivity contribution in [3.05, 3.63) is 0 Å². The lowest BCUT2D eigenvalue weighted by Gasteiger charge is -2.13. The lowest BCUT2D eigenvalue weighted by Crippen LogP contribution is -2.45. The molecule has 0 bridgehead atoms. The molecule has 2 atom stereocenters. The Labute approximate surface area is 112 Å². The molecular formula is C12H21N3O4. The van der Waals surface area contributed by atoms with Gasteiger partial charge in [-0.25, -0.2) is 4.79 Å². The zero-order valence-electron chi connectivity index (χ0n) is 11.3. The average molecular weight is 271 g/mol. The Morgan fingerprint density at radius 1 is 1.53 bits per heavy atom. The molecule has 1 saturated heterocycles. The van der Waals surface area contributed by atoms with Gasteiger partial charge in [-0.05, 0) is 19.3 Å². The maximum Gasteiger partial charge on any atom is 0.315 e. The summed E-state index contributed by atoms with van der Waals surface area (Å²) in [5.41, 5.74) is 0. The largest absolute Gasteiger partial charge is 0.481 e. The number of amides is 3. The predicted molar refractivity (Wildman–Crippen MR) is 68.6 cm³/mol. The summed E-state index contributed by atoms with van der Waals surface area (Å²) in [4.78, 5) is 35.2. The predicted octanol–water partition coefficient (Wildman–Crippen LogP) is 0.0172. The molecule has 1 aliphatic heterocycles. The number of rotatable bonds is 6. The van der Waals surface area contributed by atoms with Crippen LogP contribution in [0.15, 0.2) is 0 Å². The minimum atomic E-state index is -0.830. The van der Waals surface area contributed by atoms with Gasteiger partial charge in [0.2, 0.25) is 5.91 Å². The number of nitrogens with one attached hydrogen (secondary N) is 2. The van der Waals surface area contributed by atoms with E-state index < -0.39 is 17.9 Å². The first-order valence-corrected chi connectivity index (χ1v) is 6.44. The van der Waals surface area contributed by atoms with Crippen molar-refractivity contribution < 1.29 is 19.5 Å². The summed E-state index contributed by atoms with van der Waals surface area (Å²) >= 11 is 0. The Morgan fingerprint density at radius 3 is 2.74 bits per heavy atom. The number of carbonyl (C=O) groups excluding carboxylic acids is 2. The van der Waals surface area contributed by atoms with Gasteiger partial charge in [-0.2, -0.15) is 0 Å². The topological polar surface area (TPSA) is 98.7 Å². The number of carbonyl (C=O) groups is 3. The van der Waals surface area contributed by atoms with E-state index in [4.69, 9.17) is 5.11 Å². The third-order valence-electron chi connectivity index (χ3n) is 3.25. The van der Waals surface area contributed by atoms with Gasteiger partial charge >= 0.3 is 12.0 Å². The molecular weight excluding hydrogens is 250 g/mol. The SMILES string of the molecule is CC(CCCNC(=O)NC1CCN(C)C1=O)C(=O)O. The summed E-state index contributed by atoms with van der Waals surface area (Å²) in [6.07, 6.45) is 1.74. The molecule has 3 amide bonds. The van der Waals surface area contributed by atoms with Crippen molar-refractivity contribution in [2.75, 3.05) is 20.1 Å². The zero-order valence-corrected chi connectivity index (χ0v) is 11.3. The number of carboxylic acids is 1. The maximum atomic E-state index is 11.6. The van der Waals surface area contributed by atoms with Crippen LogP contribution in [-0.2, 0) is 9.59 Å². The molecule has 1 rings (SSSR count). The third-order valence-corrected chi connectivity index (χ3v) is 3.25. The van der Waals surface area contributed by atoms with E-state index in [1.165, 1.54) is 0 Å². The van der Waals surface area contributed by atoms with Gasteiger partial charge in [0.1, 0.15) is 6.04 Å². The van der Waals surface area contributed by atoms with Gasteiger partial charge in [0.15, 0.2) is 0 Å². The molecule has 0 aromatic carbocycles. The van der Waals surface area contributed by atoms with Gasteiger partial charge in [0.25, 0.3) is 0 Å². The van der Waals surface area contributed by atoms with E-state index in [-0.39, 0.29) is 11.9 Å². The van der Waals surface area contributed by atoms with E-state index in [0.29, 0.717) is 32.4 Å².